The molecule has 3 rings (SSSR count). The number of benzene rings is 1. The molecule has 0 aliphatic carbocycles. The second-order valence-corrected chi connectivity index (χ2v) is 6.13. The number of hydrogen-bond acceptors (Lipinski definition) is 5. The molecule has 1 aromatic carbocycles. The number of hydrogen-bond donors (Lipinski definition) is 1. The van der Waals surface area contributed by atoms with E-state index in [-0.39, 0.29) is 18.2 Å². The third-order valence-electron chi connectivity index (χ3n) is 3.57. The first-order valence-corrected chi connectivity index (χ1v) is 8.36. The van der Waals surface area contributed by atoms with Crippen molar-refractivity contribution in [2.45, 2.75) is 6.42 Å². The summed E-state index contributed by atoms with van der Waals surface area (Å²) < 4.78 is 18.1. The average molecular weight is 349 g/mol. The van der Waals surface area contributed by atoms with E-state index in [0.717, 1.165) is 0 Å². The number of nitrogens with zero attached hydrogens (tertiary/aromatic N) is 2. The molecule has 0 unspecified atom stereocenters. The van der Waals surface area contributed by atoms with Crippen molar-refractivity contribution in [1.82, 2.24) is 9.88 Å². The van der Waals surface area contributed by atoms with Gasteiger partial charge in [-0.25, -0.2) is 9.37 Å². The Morgan fingerprint density at radius 1 is 1.25 bits per heavy atom. The molecule has 24 heavy (non-hydrogen) atoms. The van der Waals surface area contributed by atoms with E-state index in [1.165, 1.54) is 35.6 Å². The van der Waals surface area contributed by atoms with Gasteiger partial charge in [0.25, 0.3) is 5.91 Å². The van der Waals surface area contributed by atoms with Crippen LogP contribution >= 0.6 is 11.3 Å². The van der Waals surface area contributed by atoms with Crippen molar-refractivity contribution in [3.05, 3.63) is 46.7 Å². The molecule has 1 aliphatic rings. The predicted octanol–water partition coefficient (Wildman–Crippen LogP) is 1.94. The first-order valence-electron chi connectivity index (χ1n) is 7.48. The zero-order chi connectivity index (χ0) is 16.9. The van der Waals surface area contributed by atoms with Gasteiger partial charge in [-0.2, -0.15) is 0 Å². The van der Waals surface area contributed by atoms with E-state index >= 15 is 0 Å². The minimum absolute atomic E-state index is 0.0000103. The van der Waals surface area contributed by atoms with Crippen molar-refractivity contribution in [3.8, 4) is 0 Å². The summed E-state index contributed by atoms with van der Waals surface area (Å²) in [7, 11) is 0. The van der Waals surface area contributed by atoms with Crippen LogP contribution in [-0.4, -0.2) is 48.0 Å². The Morgan fingerprint density at radius 2 is 1.96 bits per heavy atom. The normalized spacial score (nSPS) is 14.5. The van der Waals surface area contributed by atoms with E-state index in [1.807, 2.05) is 0 Å². The lowest BCUT2D eigenvalue weighted by molar-refractivity contribution is -0.134. The van der Waals surface area contributed by atoms with Gasteiger partial charge in [0.1, 0.15) is 5.82 Å². The highest BCUT2D eigenvalue weighted by molar-refractivity contribution is 7.14. The van der Waals surface area contributed by atoms with Gasteiger partial charge in [0.2, 0.25) is 5.91 Å². The number of nitrogens with one attached hydrogen (secondary N) is 1. The zero-order valence-corrected chi connectivity index (χ0v) is 13.6. The smallest absolute Gasteiger partial charge is 0.257 e. The van der Waals surface area contributed by atoms with E-state index in [1.54, 1.807) is 10.3 Å². The lowest BCUT2D eigenvalue weighted by Gasteiger charge is -2.26. The fourth-order valence-electron chi connectivity index (χ4n) is 2.30. The first-order chi connectivity index (χ1) is 11.6. The molecular formula is C16H16FN3O3S. The average Bonchev–Trinajstić information content (AvgIpc) is 3.03. The van der Waals surface area contributed by atoms with Crippen molar-refractivity contribution in [1.29, 1.82) is 0 Å². The Kier molecular flexibility index (Phi) is 5.17. The predicted molar refractivity (Wildman–Crippen MR) is 87.6 cm³/mol. The van der Waals surface area contributed by atoms with Crippen LogP contribution in [0.5, 0.6) is 0 Å². The summed E-state index contributed by atoms with van der Waals surface area (Å²) in [4.78, 5) is 30.2. The summed E-state index contributed by atoms with van der Waals surface area (Å²) in [6.07, 6.45) is 0.197. The summed E-state index contributed by atoms with van der Waals surface area (Å²) >= 11 is 1.25. The fourth-order valence-corrected chi connectivity index (χ4v) is 3.00. The summed E-state index contributed by atoms with van der Waals surface area (Å²) in [5.41, 5.74) is 0.962. The summed E-state index contributed by atoms with van der Waals surface area (Å²) in [6.45, 7) is 2.30. The van der Waals surface area contributed by atoms with Gasteiger partial charge in [-0.05, 0) is 24.3 Å². The molecule has 0 spiro atoms. The third kappa shape index (κ3) is 4.15. The number of carbonyl (C=O) groups is 2. The highest BCUT2D eigenvalue weighted by Crippen LogP contribution is 2.18. The van der Waals surface area contributed by atoms with Crippen molar-refractivity contribution in [2.75, 3.05) is 31.6 Å². The largest absolute Gasteiger partial charge is 0.378 e. The summed E-state index contributed by atoms with van der Waals surface area (Å²) in [5, 5.41) is 4.81. The Labute approximate surface area is 142 Å². The number of amides is 2. The molecule has 0 bridgehead atoms. The van der Waals surface area contributed by atoms with Crippen LogP contribution in [0, 0.1) is 5.82 Å². The lowest BCUT2D eigenvalue weighted by atomic mass is 10.2. The van der Waals surface area contributed by atoms with Crippen LogP contribution in [0.2, 0.25) is 0 Å². The highest BCUT2D eigenvalue weighted by Gasteiger charge is 2.18. The second-order valence-electron chi connectivity index (χ2n) is 5.27. The van der Waals surface area contributed by atoms with Crippen molar-refractivity contribution < 1.29 is 18.7 Å². The maximum absolute atomic E-state index is 12.9. The van der Waals surface area contributed by atoms with Gasteiger partial charge in [0.15, 0.2) is 5.13 Å². The van der Waals surface area contributed by atoms with E-state index in [9.17, 15) is 14.0 Å². The minimum Gasteiger partial charge on any atom is -0.378 e. The van der Waals surface area contributed by atoms with Crippen LogP contribution in [0.25, 0.3) is 0 Å². The molecule has 8 heteroatoms. The number of aromatic nitrogens is 1. The standard InChI is InChI=1S/C16H16FN3O3S/c17-12-3-1-11(2-4-12)15(22)19-16-18-13(10-24-16)9-14(21)20-5-7-23-8-6-20/h1-4,10H,5-9H2,(H,18,19,22). The van der Waals surface area contributed by atoms with Crippen LogP contribution in [-0.2, 0) is 16.0 Å². The molecule has 0 atom stereocenters. The SMILES string of the molecule is O=C(Nc1nc(CC(=O)N2CCOCC2)cs1)c1ccc(F)cc1. The number of halogens is 1. The van der Waals surface area contributed by atoms with Gasteiger partial charge >= 0.3 is 0 Å². The van der Waals surface area contributed by atoms with Gasteiger partial charge in [0, 0.05) is 24.0 Å². The Bertz CT molecular complexity index is 726. The van der Waals surface area contributed by atoms with Gasteiger partial charge in [0.05, 0.1) is 25.3 Å². The molecule has 126 valence electrons. The van der Waals surface area contributed by atoms with E-state index in [4.69, 9.17) is 4.74 Å². The Morgan fingerprint density at radius 3 is 2.67 bits per heavy atom. The molecule has 2 aromatic rings. The van der Waals surface area contributed by atoms with E-state index in [0.29, 0.717) is 42.7 Å². The number of rotatable bonds is 4. The van der Waals surface area contributed by atoms with Crippen LogP contribution in [0.4, 0.5) is 9.52 Å². The van der Waals surface area contributed by atoms with Crippen LogP contribution in [0.15, 0.2) is 29.6 Å². The van der Waals surface area contributed by atoms with Gasteiger partial charge in [-0.3, -0.25) is 14.9 Å². The van der Waals surface area contributed by atoms with Crippen molar-refractivity contribution in [3.63, 3.8) is 0 Å². The highest BCUT2D eigenvalue weighted by atomic mass is 32.1. The van der Waals surface area contributed by atoms with Crippen LogP contribution < -0.4 is 5.32 Å². The lowest BCUT2D eigenvalue weighted by Crippen LogP contribution is -2.41. The minimum atomic E-state index is -0.398. The van der Waals surface area contributed by atoms with E-state index < -0.39 is 5.82 Å². The number of thiazole rings is 1. The third-order valence-corrected chi connectivity index (χ3v) is 4.38. The van der Waals surface area contributed by atoms with E-state index in [2.05, 4.69) is 10.3 Å². The fraction of sp³-hybridized carbons (Fsp3) is 0.312. The number of morpholine rings is 1. The maximum atomic E-state index is 12.9. The number of ether oxygens (including phenoxy) is 1. The maximum Gasteiger partial charge on any atom is 0.257 e. The quantitative estimate of drug-likeness (QED) is 0.916. The molecule has 1 aliphatic heterocycles. The summed E-state index contributed by atoms with van der Waals surface area (Å²) in [6, 6.07) is 5.26. The molecule has 1 saturated heterocycles. The molecule has 2 heterocycles. The second kappa shape index (κ2) is 7.50. The molecule has 1 N–H and O–H groups in total. The number of anilines is 1. The molecule has 1 fully saturated rings. The molecule has 6 nitrogen and oxygen atoms in total. The molecule has 0 radical (unpaired) electrons. The van der Waals surface area contributed by atoms with Gasteiger partial charge in [-0.1, -0.05) is 0 Å². The zero-order valence-electron chi connectivity index (χ0n) is 12.8. The van der Waals surface area contributed by atoms with Crippen molar-refractivity contribution >= 4 is 28.3 Å². The Balaban J connectivity index is 1.57. The van der Waals surface area contributed by atoms with Crippen LogP contribution in [0.3, 0.4) is 0 Å². The van der Waals surface area contributed by atoms with Crippen molar-refractivity contribution in [2.24, 2.45) is 0 Å². The number of carbonyl (C=O) groups excluding carboxylic acids is 2. The first kappa shape index (κ1) is 16.5. The monoisotopic (exact) mass is 349 g/mol. The molecule has 0 saturated carbocycles. The summed E-state index contributed by atoms with van der Waals surface area (Å²) in [5.74, 6) is -0.764. The topological polar surface area (TPSA) is 71.5 Å². The van der Waals surface area contributed by atoms with Crippen LogP contribution in [0.1, 0.15) is 16.1 Å². The molecule has 2 amide bonds. The Hall–Kier alpha value is -2.32. The van der Waals surface area contributed by atoms with Gasteiger partial charge in [-0.15, -0.1) is 11.3 Å². The van der Waals surface area contributed by atoms with Gasteiger partial charge < -0.3 is 9.64 Å². The molecule has 1 aromatic heterocycles. The molecular weight excluding hydrogens is 333 g/mol.